The van der Waals surface area contributed by atoms with Crippen LogP contribution in [-0.2, 0) is 11.3 Å². The van der Waals surface area contributed by atoms with Crippen molar-refractivity contribution in [3.05, 3.63) is 59.5 Å². The fraction of sp³-hybridized carbons (Fsp3) is 0.429. The Kier molecular flexibility index (Phi) is 7.08. The van der Waals surface area contributed by atoms with Gasteiger partial charge in [-0.3, -0.25) is 9.89 Å². The third-order valence-corrected chi connectivity index (χ3v) is 4.97. The standard InChI is InChI=1S/C21H28N4O3/c1-22-21(23-14-16-7-9-17(10-8-16)20(26)27-2)24-15-18(19-6-5-13-28-19)25-11-3-4-12-25/h5-10,13,18H,3-4,11-12,14-15H2,1-2H3,(H2,22,23,24). The molecular weight excluding hydrogens is 356 g/mol. The monoisotopic (exact) mass is 384 g/mol. The number of hydrogen-bond acceptors (Lipinski definition) is 5. The molecule has 1 fully saturated rings. The summed E-state index contributed by atoms with van der Waals surface area (Å²) >= 11 is 0. The highest BCUT2D eigenvalue weighted by molar-refractivity contribution is 5.89. The summed E-state index contributed by atoms with van der Waals surface area (Å²) < 4.78 is 10.4. The van der Waals surface area contributed by atoms with Gasteiger partial charge in [-0.05, 0) is 55.8 Å². The molecule has 1 aromatic carbocycles. The number of likely N-dealkylation sites (tertiary alicyclic amines) is 1. The molecule has 1 saturated heterocycles. The lowest BCUT2D eigenvalue weighted by atomic mass is 10.1. The Morgan fingerprint density at radius 1 is 1.21 bits per heavy atom. The second-order valence-electron chi connectivity index (χ2n) is 6.77. The van der Waals surface area contributed by atoms with Crippen LogP contribution in [0, 0.1) is 0 Å². The number of rotatable bonds is 7. The van der Waals surface area contributed by atoms with E-state index in [1.54, 1.807) is 25.4 Å². The van der Waals surface area contributed by atoms with Gasteiger partial charge in [-0.25, -0.2) is 4.79 Å². The summed E-state index contributed by atoms with van der Waals surface area (Å²) in [6, 6.07) is 11.5. The molecule has 150 valence electrons. The number of ether oxygens (including phenoxy) is 1. The first kappa shape index (κ1) is 19.9. The van der Waals surface area contributed by atoms with E-state index >= 15 is 0 Å². The van der Waals surface area contributed by atoms with Gasteiger partial charge in [0.2, 0.25) is 0 Å². The zero-order chi connectivity index (χ0) is 19.8. The Morgan fingerprint density at radius 3 is 2.57 bits per heavy atom. The Hall–Kier alpha value is -2.80. The average Bonchev–Trinajstić information content (AvgIpc) is 3.45. The average molecular weight is 384 g/mol. The van der Waals surface area contributed by atoms with E-state index in [1.165, 1.54) is 20.0 Å². The van der Waals surface area contributed by atoms with Crippen LogP contribution in [0.3, 0.4) is 0 Å². The van der Waals surface area contributed by atoms with Gasteiger partial charge < -0.3 is 19.8 Å². The Morgan fingerprint density at radius 2 is 1.96 bits per heavy atom. The number of esters is 1. The Bertz CT molecular complexity index is 765. The summed E-state index contributed by atoms with van der Waals surface area (Å²) in [5, 5.41) is 6.72. The van der Waals surface area contributed by atoms with Gasteiger partial charge in [0.25, 0.3) is 0 Å². The lowest BCUT2D eigenvalue weighted by Gasteiger charge is -2.26. The number of nitrogens with zero attached hydrogens (tertiary/aromatic N) is 2. The largest absolute Gasteiger partial charge is 0.468 e. The van der Waals surface area contributed by atoms with Gasteiger partial charge >= 0.3 is 5.97 Å². The second kappa shape index (κ2) is 9.94. The number of methoxy groups -OCH3 is 1. The van der Waals surface area contributed by atoms with Crippen molar-refractivity contribution >= 4 is 11.9 Å². The summed E-state index contributed by atoms with van der Waals surface area (Å²) in [7, 11) is 3.14. The molecule has 1 unspecified atom stereocenters. The minimum absolute atomic E-state index is 0.190. The predicted molar refractivity (Wildman–Crippen MR) is 108 cm³/mol. The normalized spacial score (nSPS) is 16.0. The quantitative estimate of drug-likeness (QED) is 0.434. The minimum Gasteiger partial charge on any atom is -0.468 e. The van der Waals surface area contributed by atoms with Crippen LogP contribution < -0.4 is 10.6 Å². The van der Waals surface area contributed by atoms with Crippen LogP contribution in [-0.4, -0.2) is 50.6 Å². The molecule has 1 aliphatic heterocycles. The van der Waals surface area contributed by atoms with Gasteiger partial charge in [-0.15, -0.1) is 0 Å². The SMILES string of the molecule is CN=C(NCc1ccc(C(=O)OC)cc1)NCC(c1ccco1)N1CCCC1. The fourth-order valence-corrected chi connectivity index (χ4v) is 3.42. The molecule has 7 nitrogen and oxygen atoms in total. The molecule has 3 rings (SSSR count). The number of carbonyl (C=O) groups excluding carboxylic acids is 1. The molecule has 0 aliphatic carbocycles. The molecule has 7 heteroatoms. The van der Waals surface area contributed by atoms with Crippen LogP contribution in [0.4, 0.5) is 0 Å². The zero-order valence-corrected chi connectivity index (χ0v) is 16.5. The maximum atomic E-state index is 11.5. The number of benzene rings is 1. The fourth-order valence-electron chi connectivity index (χ4n) is 3.42. The van der Waals surface area contributed by atoms with Crippen LogP contribution in [0.1, 0.15) is 40.6 Å². The molecule has 0 saturated carbocycles. The van der Waals surface area contributed by atoms with Crippen LogP contribution in [0.5, 0.6) is 0 Å². The smallest absolute Gasteiger partial charge is 0.337 e. The molecule has 0 spiro atoms. The number of carbonyl (C=O) groups is 1. The number of furan rings is 1. The van der Waals surface area contributed by atoms with Gasteiger partial charge in [0.1, 0.15) is 5.76 Å². The van der Waals surface area contributed by atoms with Crippen LogP contribution in [0.15, 0.2) is 52.1 Å². The Balaban J connectivity index is 1.54. The van der Waals surface area contributed by atoms with Crippen molar-refractivity contribution in [3.8, 4) is 0 Å². The zero-order valence-electron chi connectivity index (χ0n) is 16.5. The van der Waals surface area contributed by atoms with E-state index in [0.29, 0.717) is 18.7 Å². The molecule has 1 aromatic heterocycles. The molecule has 1 aliphatic rings. The van der Waals surface area contributed by atoms with Crippen LogP contribution >= 0.6 is 0 Å². The van der Waals surface area contributed by atoms with Gasteiger partial charge in [-0.1, -0.05) is 12.1 Å². The molecule has 1 atom stereocenters. The third kappa shape index (κ3) is 5.13. The van der Waals surface area contributed by atoms with Crippen molar-refractivity contribution in [2.45, 2.75) is 25.4 Å². The lowest BCUT2D eigenvalue weighted by molar-refractivity contribution is 0.0600. The van der Waals surface area contributed by atoms with Gasteiger partial charge in [0, 0.05) is 20.1 Å². The van der Waals surface area contributed by atoms with Gasteiger partial charge in [0.05, 0.1) is 25.0 Å². The van der Waals surface area contributed by atoms with Crippen molar-refractivity contribution < 1.29 is 13.9 Å². The first-order valence-electron chi connectivity index (χ1n) is 9.60. The molecule has 0 amide bonds. The van der Waals surface area contributed by atoms with Crippen molar-refractivity contribution in [2.75, 3.05) is 33.8 Å². The van der Waals surface area contributed by atoms with Crippen LogP contribution in [0.2, 0.25) is 0 Å². The summed E-state index contributed by atoms with van der Waals surface area (Å²) in [5.74, 6) is 1.37. The summed E-state index contributed by atoms with van der Waals surface area (Å²) in [4.78, 5) is 18.3. The van der Waals surface area contributed by atoms with E-state index in [4.69, 9.17) is 9.15 Å². The van der Waals surface area contributed by atoms with Crippen LogP contribution in [0.25, 0.3) is 0 Å². The molecule has 2 N–H and O–H groups in total. The summed E-state index contributed by atoms with van der Waals surface area (Å²) in [6.45, 7) is 3.50. The van der Waals surface area contributed by atoms with E-state index in [1.807, 2.05) is 24.3 Å². The Labute approximate surface area is 165 Å². The number of nitrogens with one attached hydrogen (secondary N) is 2. The summed E-state index contributed by atoms with van der Waals surface area (Å²) in [6.07, 6.45) is 4.18. The number of guanidine groups is 1. The molecule has 0 radical (unpaired) electrons. The first-order valence-corrected chi connectivity index (χ1v) is 9.60. The molecule has 28 heavy (non-hydrogen) atoms. The minimum atomic E-state index is -0.331. The molecule has 2 aromatic rings. The third-order valence-electron chi connectivity index (χ3n) is 4.97. The number of aliphatic imine (C=N–C) groups is 1. The van der Waals surface area contributed by atoms with E-state index in [0.717, 1.165) is 30.4 Å². The first-order chi connectivity index (χ1) is 13.7. The second-order valence-corrected chi connectivity index (χ2v) is 6.77. The molecule has 2 heterocycles. The van der Waals surface area contributed by atoms with Gasteiger partial charge in [0.15, 0.2) is 5.96 Å². The maximum Gasteiger partial charge on any atom is 0.337 e. The highest BCUT2D eigenvalue weighted by Gasteiger charge is 2.25. The maximum absolute atomic E-state index is 11.5. The highest BCUT2D eigenvalue weighted by atomic mass is 16.5. The van der Waals surface area contributed by atoms with Crippen molar-refractivity contribution in [1.29, 1.82) is 0 Å². The predicted octanol–water partition coefficient (Wildman–Crippen LogP) is 2.57. The van der Waals surface area contributed by atoms with E-state index in [9.17, 15) is 4.79 Å². The van der Waals surface area contributed by atoms with Crippen molar-refractivity contribution in [3.63, 3.8) is 0 Å². The van der Waals surface area contributed by atoms with E-state index in [-0.39, 0.29) is 12.0 Å². The molecular formula is C21H28N4O3. The van der Waals surface area contributed by atoms with Crippen molar-refractivity contribution in [1.82, 2.24) is 15.5 Å². The highest BCUT2D eigenvalue weighted by Crippen LogP contribution is 2.24. The van der Waals surface area contributed by atoms with E-state index < -0.39 is 0 Å². The van der Waals surface area contributed by atoms with Crippen molar-refractivity contribution in [2.24, 2.45) is 4.99 Å². The molecule has 0 bridgehead atoms. The topological polar surface area (TPSA) is 79.1 Å². The van der Waals surface area contributed by atoms with Gasteiger partial charge in [-0.2, -0.15) is 0 Å². The number of hydrogen-bond donors (Lipinski definition) is 2. The lowest BCUT2D eigenvalue weighted by Crippen LogP contribution is -2.42. The van der Waals surface area contributed by atoms with E-state index in [2.05, 4.69) is 20.5 Å². The summed E-state index contributed by atoms with van der Waals surface area (Å²) in [5.41, 5.74) is 1.60.